The third kappa shape index (κ3) is 5.21. The highest BCUT2D eigenvalue weighted by Gasteiger charge is 2.22. The van der Waals surface area contributed by atoms with Gasteiger partial charge in [-0.3, -0.25) is 14.3 Å². The first-order valence-corrected chi connectivity index (χ1v) is 13.4. The maximum absolute atomic E-state index is 12.9. The highest BCUT2D eigenvalue weighted by molar-refractivity contribution is 7.92. The molecule has 0 aliphatic rings. The van der Waals surface area contributed by atoms with E-state index in [0.717, 1.165) is 11.1 Å². The predicted octanol–water partition coefficient (Wildman–Crippen LogP) is 4.11. The van der Waals surface area contributed by atoms with Crippen molar-refractivity contribution < 1.29 is 22.4 Å². The Morgan fingerprint density at radius 1 is 1.14 bits per heavy atom. The zero-order valence-electron chi connectivity index (χ0n) is 21.2. The molecule has 4 rings (SSSR count). The number of aromatic nitrogens is 2. The zero-order valence-corrected chi connectivity index (χ0v) is 22.0. The topological polar surface area (TPSA) is 133 Å². The molecular weight excluding hydrogens is 496 g/mol. The molecule has 10 nitrogen and oxygen atoms in total. The van der Waals surface area contributed by atoms with Gasteiger partial charge in [-0.2, -0.15) is 0 Å². The van der Waals surface area contributed by atoms with Crippen molar-refractivity contribution in [2.24, 2.45) is 7.05 Å². The Morgan fingerprint density at radius 3 is 2.49 bits per heavy atom. The molecule has 1 aromatic carbocycles. The Morgan fingerprint density at radius 2 is 1.84 bits per heavy atom. The fourth-order valence-electron chi connectivity index (χ4n) is 3.90. The molecule has 0 aliphatic heterocycles. The Balaban J connectivity index is 1.98. The molecule has 0 saturated heterocycles. The SMILES string of the molecule is CCNC(=O)c1cc2c(-c3cc(NS(=O)(=O)CC)cnc3Oc3c(C)cccc3C)cn(C)c(=O)c2o1. The van der Waals surface area contributed by atoms with Crippen LogP contribution >= 0.6 is 0 Å². The summed E-state index contributed by atoms with van der Waals surface area (Å²) in [6, 6.07) is 8.80. The van der Waals surface area contributed by atoms with Crippen molar-refractivity contribution in [2.45, 2.75) is 27.7 Å². The number of pyridine rings is 2. The number of carbonyl (C=O) groups excluding carboxylic acids is 1. The van der Waals surface area contributed by atoms with E-state index in [2.05, 4.69) is 15.0 Å². The lowest BCUT2D eigenvalue weighted by molar-refractivity contribution is 0.0930. The van der Waals surface area contributed by atoms with E-state index in [1.807, 2.05) is 32.0 Å². The Labute approximate surface area is 214 Å². The van der Waals surface area contributed by atoms with E-state index in [4.69, 9.17) is 9.15 Å². The number of aryl methyl sites for hydroxylation is 3. The van der Waals surface area contributed by atoms with Crippen molar-refractivity contribution in [3.8, 4) is 22.8 Å². The number of benzene rings is 1. The number of sulfonamides is 1. The van der Waals surface area contributed by atoms with Gasteiger partial charge in [0.25, 0.3) is 11.5 Å². The first-order chi connectivity index (χ1) is 17.5. The first-order valence-electron chi connectivity index (χ1n) is 11.7. The van der Waals surface area contributed by atoms with Crippen LogP contribution in [0.5, 0.6) is 11.6 Å². The van der Waals surface area contributed by atoms with Crippen molar-refractivity contribution in [2.75, 3.05) is 17.0 Å². The molecule has 0 saturated carbocycles. The molecule has 37 heavy (non-hydrogen) atoms. The number of nitrogens with one attached hydrogen (secondary N) is 2. The average molecular weight is 525 g/mol. The minimum absolute atomic E-state index is 0.0150. The highest BCUT2D eigenvalue weighted by atomic mass is 32.2. The fourth-order valence-corrected chi connectivity index (χ4v) is 4.51. The number of nitrogens with zero attached hydrogens (tertiary/aromatic N) is 2. The van der Waals surface area contributed by atoms with Crippen LogP contribution in [0.25, 0.3) is 22.1 Å². The molecule has 0 aliphatic carbocycles. The Bertz CT molecular complexity index is 1650. The molecule has 4 aromatic rings. The van der Waals surface area contributed by atoms with Crippen molar-refractivity contribution >= 4 is 32.6 Å². The Kier molecular flexibility index (Phi) is 7.08. The van der Waals surface area contributed by atoms with Gasteiger partial charge in [-0.05, 0) is 51.0 Å². The van der Waals surface area contributed by atoms with E-state index < -0.39 is 21.5 Å². The largest absolute Gasteiger partial charge is 0.445 e. The lowest BCUT2D eigenvalue weighted by Gasteiger charge is -2.16. The molecule has 1 amide bonds. The third-order valence-electron chi connectivity index (χ3n) is 5.82. The quantitative estimate of drug-likeness (QED) is 0.354. The normalized spacial score (nSPS) is 11.5. The molecule has 3 aromatic heterocycles. The van der Waals surface area contributed by atoms with E-state index in [9.17, 15) is 18.0 Å². The van der Waals surface area contributed by atoms with Gasteiger partial charge in [-0.15, -0.1) is 0 Å². The second kappa shape index (κ2) is 10.1. The molecule has 0 fully saturated rings. The van der Waals surface area contributed by atoms with Gasteiger partial charge >= 0.3 is 0 Å². The minimum atomic E-state index is -3.58. The number of rotatable bonds is 8. The monoisotopic (exact) mass is 524 g/mol. The van der Waals surface area contributed by atoms with Gasteiger partial charge in [0.05, 0.1) is 17.6 Å². The van der Waals surface area contributed by atoms with Crippen LogP contribution in [0.3, 0.4) is 0 Å². The van der Waals surface area contributed by atoms with Gasteiger partial charge in [-0.25, -0.2) is 13.4 Å². The fraction of sp³-hybridized carbons (Fsp3) is 0.269. The van der Waals surface area contributed by atoms with Gasteiger partial charge in [0.1, 0.15) is 5.75 Å². The van der Waals surface area contributed by atoms with Crippen LogP contribution in [0.4, 0.5) is 5.69 Å². The second-order valence-electron chi connectivity index (χ2n) is 8.58. The van der Waals surface area contributed by atoms with E-state index in [1.165, 1.54) is 23.8 Å². The molecule has 194 valence electrons. The van der Waals surface area contributed by atoms with Crippen molar-refractivity contribution in [3.05, 3.63) is 70.0 Å². The van der Waals surface area contributed by atoms with E-state index in [-0.39, 0.29) is 28.7 Å². The maximum Gasteiger partial charge on any atom is 0.293 e. The number of fused-ring (bicyclic) bond motifs is 1. The molecule has 2 N–H and O–H groups in total. The summed E-state index contributed by atoms with van der Waals surface area (Å²) in [6.07, 6.45) is 2.95. The highest BCUT2D eigenvalue weighted by Crippen LogP contribution is 2.39. The third-order valence-corrected chi connectivity index (χ3v) is 7.13. The summed E-state index contributed by atoms with van der Waals surface area (Å²) in [6.45, 7) is 7.50. The molecular formula is C26H28N4O6S. The van der Waals surface area contributed by atoms with Gasteiger partial charge in [0.2, 0.25) is 21.5 Å². The zero-order chi connectivity index (χ0) is 26.9. The summed E-state index contributed by atoms with van der Waals surface area (Å²) in [4.78, 5) is 29.8. The van der Waals surface area contributed by atoms with Crippen molar-refractivity contribution in [1.29, 1.82) is 0 Å². The molecule has 0 radical (unpaired) electrons. The average Bonchev–Trinajstić information content (AvgIpc) is 3.30. The summed E-state index contributed by atoms with van der Waals surface area (Å²) in [5.41, 5.74) is 2.43. The summed E-state index contributed by atoms with van der Waals surface area (Å²) in [7, 11) is -2.03. The molecule has 0 bridgehead atoms. The van der Waals surface area contributed by atoms with Crippen LogP contribution in [-0.4, -0.2) is 36.2 Å². The summed E-state index contributed by atoms with van der Waals surface area (Å²) < 4.78 is 40.3. The molecule has 0 spiro atoms. The van der Waals surface area contributed by atoms with Crippen LogP contribution < -0.4 is 20.3 Å². The summed E-state index contributed by atoms with van der Waals surface area (Å²) >= 11 is 0. The van der Waals surface area contributed by atoms with Crippen molar-refractivity contribution in [3.63, 3.8) is 0 Å². The van der Waals surface area contributed by atoms with Crippen LogP contribution in [0.15, 0.2) is 51.9 Å². The standard InChI is InChI=1S/C26H28N4O6S/c1-6-27-24(31)21-12-18-20(14-30(5)26(32)23(18)35-21)19-11-17(29-37(33,34)7-2)13-28-25(19)36-22-15(3)9-8-10-16(22)4/h8-14,29H,6-7H2,1-5H3,(H,27,31). The summed E-state index contributed by atoms with van der Waals surface area (Å²) in [5, 5.41) is 3.03. The molecule has 0 atom stereocenters. The number of furan rings is 1. The first kappa shape index (κ1) is 26.0. The minimum Gasteiger partial charge on any atom is -0.445 e. The number of para-hydroxylation sites is 1. The lowest BCUT2D eigenvalue weighted by atomic mass is 10.0. The number of carbonyl (C=O) groups is 1. The maximum atomic E-state index is 12.9. The Hall–Kier alpha value is -4.12. The number of amides is 1. The lowest BCUT2D eigenvalue weighted by Crippen LogP contribution is -2.22. The number of anilines is 1. The van der Waals surface area contributed by atoms with E-state index in [1.54, 1.807) is 26.2 Å². The smallest absolute Gasteiger partial charge is 0.293 e. The van der Waals surface area contributed by atoms with E-state index >= 15 is 0 Å². The van der Waals surface area contributed by atoms with Gasteiger partial charge in [-0.1, -0.05) is 18.2 Å². The number of hydrogen-bond acceptors (Lipinski definition) is 7. The second-order valence-corrected chi connectivity index (χ2v) is 10.6. The molecule has 11 heteroatoms. The van der Waals surface area contributed by atoms with Crippen molar-refractivity contribution in [1.82, 2.24) is 14.9 Å². The summed E-state index contributed by atoms with van der Waals surface area (Å²) in [5.74, 6) is 0.202. The number of hydrogen-bond donors (Lipinski definition) is 2. The van der Waals surface area contributed by atoms with Crippen LogP contribution in [0.1, 0.15) is 35.5 Å². The predicted molar refractivity (Wildman–Crippen MR) is 142 cm³/mol. The molecule has 3 heterocycles. The van der Waals surface area contributed by atoms with Crippen LogP contribution in [-0.2, 0) is 17.1 Å². The van der Waals surface area contributed by atoms with Crippen LogP contribution in [0.2, 0.25) is 0 Å². The van der Waals surface area contributed by atoms with Gasteiger partial charge in [0.15, 0.2) is 5.76 Å². The van der Waals surface area contributed by atoms with Gasteiger partial charge in [0, 0.05) is 36.3 Å². The van der Waals surface area contributed by atoms with Crippen LogP contribution in [0, 0.1) is 13.8 Å². The van der Waals surface area contributed by atoms with E-state index in [0.29, 0.717) is 28.8 Å². The molecule has 0 unspecified atom stereocenters. The van der Waals surface area contributed by atoms with Gasteiger partial charge < -0.3 is 19.0 Å². The number of ether oxygens (including phenoxy) is 1.